The molecule has 372 valence electrons. The molecule has 0 aliphatic rings. The lowest BCUT2D eigenvalue weighted by molar-refractivity contribution is -0.123. The maximum absolute atomic E-state index is 12.5. The summed E-state index contributed by atoms with van der Waals surface area (Å²) < 4.78 is 0. The van der Waals surface area contributed by atoms with E-state index in [0.717, 1.165) is 89.9 Å². The fourth-order valence-corrected chi connectivity index (χ4v) is 7.82. The Morgan fingerprint density at radius 3 is 1.08 bits per heavy atom. The third-order valence-electron chi connectivity index (χ3n) is 12.0. The van der Waals surface area contributed by atoms with Crippen LogP contribution in [-0.2, 0) is 4.79 Å². The number of aliphatic hydroxyl groups is 2. The lowest BCUT2D eigenvalue weighted by Gasteiger charge is -2.19. The van der Waals surface area contributed by atoms with Gasteiger partial charge in [-0.1, -0.05) is 264 Å². The van der Waals surface area contributed by atoms with Crippen molar-refractivity contribution >= 4 is 5.91 Å². The minimum Gasteiger partial charge on any atom is -0.394 e. The Morgan fingerprint density at radius 1 is 0.385 bits per heavy atom. The van der Waals surface area contributed by atoms with Gasteiger partial charge in [-0.05, 0) is 89.9 Å². The third-order valence-corrected chi connectivity index (χ3v) is 12.0. The maximum atomic E-state index is 12.5. The molecule has 0 fully saturated rings. The minimum atomic E-state index is -0.880. The molecule has 0 saturated carbocycles. The van der Waals surface area contributed by atoms with Crippen molar-refractivity contribution in [3.05, 3.63) is 109 Å². The molecule has 3 N–H and O–H groups in total. The summed E-state index contributed by atoms with van der Waals surface area (Å²) in [6.45, 7) is 4.18. The number of rotatable bonds is 49. The summed E-state index contributed by atoms with van der Waals surface area (Å²) in [6.07, 6.45) is 83.8. The molecule has 0 aromatic carbocycles. The quantitative estimate of drug-likeness (QED) is 0.0421. The van der Waals surface area contributed by atoms with Gasteiger partial charge in [-0.3, -0.25) is 4.79 Å². The van der Waals surface area contributed by atoms with Crippen LogP contribution in [0.1, 0.15) is 251 Å². The topological polar surface area (TPSA) is 69.6 Å². The standard InChI is InChI=1S/C61H105NO3/c1-3-5-7-9-11-13-15-17-19-21-23-25-27-29-31-33-35-37-39-41-43-45-47-49-51-53-55-57-61(65)62-59(58-63)60(64)56-54-52-50-48-46-44-42-40-38-36-34-32-30-28-26-24-22-20-18-16-14-12-10-8-6-4-2/h5,7,11,13,17,19,23,25,29,31,35,37,41,43,46,48,54,56,59-60,63-64H,3-4,6,8-10,12,14-16,18,20-22,24,26-28,30,32-34,36,38-40,42,44-45,47,49-53,55,57-58H2,1-2H3,(H,62,65)/b7-5-,13-11-,19-17-,25-23-,31-29-,37-35-,43-41-,48-46+,56-54+. The molecule has 2 atom stereocenters. The molecular formula is C61H105NO3. The molecule has 65 heavy (non-hydrogen) atoms. The van der Waals surface area contributed by atoms with E-state index < -0.39 is 12.1 Å². The predicted octanol–water partition coefficient (Wildman–Crippen LogP) is 18.3. The Kier molecular flexibility index (Phi) is 52.9. The van der Waals surface area contributed by atoms with Gasteiger partial charge < -0.3 is 15.5 Å². The number of unbranched alkanes of at least 4 members (excludes halogenated alkanes) is 26. The average Bonchev–Trinajstić information content (AvgIpc) is 3.31. The van der Waals surface area contributed by atoms with Crippen molar-refractivity contribution in [2.75, 3.05) is 6.61 Å². The molecule has 0 radical (unpaired) electrons. The summed E-state index contributed by atoms with van der Waals surface area (Å²) in [5, 5.41) is 23.1. The molecule has 2 unspecified atom stereocenters. The van der Waals surface area contributed by atoms with Crippen LogP contribution in [0, 0.1) is 0 Å². The van der Waals surface area contributed by atoms with E-state index in [1.807, 2.05) is 6.08 Å². The summed E-state index contributed by atoms with van der Waals surface area (Å²) in [4.78, 5) is 12.5. The molecule has 0 aliphatic carbocycles. The fraction of sp³-hybridized carbons (Fsp3) is 0.689. The van der Waals surface area contributed by atoms with Gasteiger partial charge in [0.25, 0.3) is 0 Å². The lowest BCUT2D eigenvalue weighted by atomic mass is 10.0. The van der Waals surface area contributed by atoms with E-state index in [9.17, 15) is 15.0 Å². The average molecular weight is 901 g/mol. The Bertz CT molecular complexity index is 1250. The number of carbonyl (C=O) groups is 1. The molecule has 0 aromatic heterocycles. The van der Waals surface area contributed by atoms with Gasteiger partial charge in [0.2, 0.25) is 5.91 Å². The number of carbonyl (C=O) groups excluding carboxylic acids is 1. The molecule has 1 amide bonds. The second-order valence-corrected chi connectivity index (χ2v) is 18.3. The molecule has 0 spiro atoms. The van der Waals surface area contributed by atoms with Gasteiger partial charge in [0.05, 0.1) is 18.8 Å². The summed E-state index contributed by atoms with van der Waals surface area (Å²) in [7, 11) is 0. The smallest absolute Gasteiger partial charge is 0.220 e. The number of aliphatic hydroxyl groups excluding tert-OH is 2. The number of hydrogen-bond acceptors (Lipinski definition) is 3. The number of allylic oxidation sites excluding steroid dienone is 17. The van der Waals surface area contributed by atoms with Crippen LogP contribution in [0.3, 0.4) is 0 Å². The normalized spacial score (nSPS) is 13.7. The maximum Gasteiger partial charge on any atom is 0.220 e. The zero-order valence-electron chi connectivity index (χ0n) is 42.7. The Labute approximate surface area is 404 Å². The second kappa shape index (κ2) is 55.4. The second-order valence-electron chi connectivity index (χ2n) is 18.3. The Hall–Kier alpha value is -2.95. The molecule has 0 saturated heterocycles. The zero-order valence-corrected chi connectivity index (χ0v) is 42.7. The van der Waals surface area contributed by atoms with E-state index in [1.165, 1.54) is 141 Å². The highest BCUT2D eigenvalue weighted by Crippen LogP contribution is 2.16. The first-order chi connectivity index (χ1) is 32.2. The number of nitrogens with one attached hydrogen (secondary N) is 1. The van der Waals surface area contributed by atoms with Gasteiger partial charge in [-0.15, -0.1) is 0 Å². The summed E-state index contributed by atoms with van der Waals surface area (Å²) in [5.74, 6) is -0.0956. The summed E-state index contributed by atoms with van der Waals surface area (Å²) >= 11 is 0. The summed E-state index contributed by atoms with van der Waals surface area (Å²) in [5.41, 5.74) is 0. The van der Waals surface area contributed by atoms with Gasteiger partial charge >= 0.3 is 0 Å². The number of hydrogen-bond donors (Lipinski definition) is 3. The Morgan fingerprint density at radius 2 is 0.692 bits per heavy atom. The van der Waals surface area contributed by atoms with Crippen LogP contribution in [0.15, 0.2) is 109 Å². The monoisotopic (exact) mass is 900 g/mol. The fourth-order valence-electron chi connectivity index (χ4n) is 7.82. The van der Waals surface area contributed by atoms with E-state index in [4.69, 9.17) is 0 Å². The van der Waals surface area contributed by atoms with E-state index in [1.54, 1.807) is 6.08 Å². The van der Waals surface area contributed by atoms with Crippen molar-refractivity contribution in [1.29, 1.82) is 0 Å². The highest BCUT2D eigenvalue weighted by molar-refractivity contribution is 5.76. The molecule has 0 aromatic rings. The Balaban J connectivity index is 3.65. The van der Waals surface area contributed by atoms with Crippen molar-refractivity contribution in [2.45, 2.75) is 264 Å². The molecule has 4 heteroatoms. The van der Waals surface area contributed by atoms with Crippen LogP contribution >= 0.6 is 0 Å². The van der Waals surface area contributed by atoms with Crippen LogP contribution in [0.2, 0.25) is 0 Å². The predicted molar refractivity (Wildman–Crippen MR) is 289 cm³/mol. The van der Waals surface area contributed by atoms with Gasteiger partial charge in [-0.2, -0.15) is 0 Å². The van der Waals surface area contributed by atoms with Crippen molar-refractivity contribution in [1.82, 2.24) is 5.32 Å². The lowest BCUT2D eigenvalue weighted by Crippen LogP contribution is -2.45. The largest absolute Gasteiger partial charge is 0.394 e. The van der Waals surface area contributed by atoms with Crippen molar-refractivity contribution in [3.63, 3.8) is 0 Å². The molecule has 4 nitrogen and oxygen atoms in total. The highest BCUT2D eigenvalue weighted by atomic mass is 16.3. The first kappa shape index (κ1) is 62.1. The van der Waals surface area contributed by atoms with Gasteiger partial charge in [0.15, 0.2) is 0 Å². The first-order valence-corrected chi connectivity index (χ1v) is 27.6. The van der Waals surface area contributed by atoms with Crippen LogP contribution < -0.4 is 5.32 Å². The molecule has 0 heterocycles. The van der Waals surface area contributed by atoms with Crippen molar-refractivity contribution < 1.29 is 15.0 Å². The van der Waals surface area contributed by atoms with E-state index >= 15 is 0 Å². The minimum absolute atomic E-state index is 0.0956. The number of amides is 1. The van der Waals surface area contributed by atoms with Gasteiger partial charge in [-0.25, -0.2) is 0 Å². The van der Waals surface area contributed by atoms with E-state index in [0.29, 0.717) is 6.42 Å². The van der Waals surface area contributed by atoms with Crippen LogP contribution in [-0.4, -0.2) is 34.9 Å². The molecule has 0 rings (SSSR count). The van der Waals surface area contributed by atoms with E-state index in [-0.39, 0.29) is 12.5 Å². The van der Waals surface area contributed by atoms with Gasteiger partial charge in [0.1, 0.15) is 0 Å². The molecule has 0 aliphatic heterocycles. The zero-order chi connectivity index (χ0) is 47.0. The van der Waals surface area contributed by atoms with Crippen LogP contribution in [0.25, 0.3) is 0 Å². The third kappa shape index (κ3) is 51.9. The first-order valence-electron chi connectivity index (χ1n) is 27.6. The molecular weight excluding hydrogens is 795 g/mol. The SMILES string of the molecule is CC/C=C\C/C=C\C/C=C\C/C=C\C/C=C\C/C=C\C/C=C\CCCCCCCC(=O)NC(CO)C(O)/C=C/CC/C=C/CCCCCCCCCCCCCCCCCCCCCC. The summed E-state index contributed by atoms with van der Waals surface area (Å²) in [6, 6.07) is -0.659. The van der Waals surface area contributed by atoms with E-state index in [2.05, 4.69) is 116 Å². The van der Waals surface area contributed by atoms with Gasteiger partial charge in [0, 0.05) is 6.42 Å². The highest BCUT2D eigenvalue weighted by Gasteiger charge is 2.17. The van der Waals surface area contributed by atoms with Crippen molar-refractivity contribution in [2.24, 2.45) is 0 Å². The van der Waals surface area contributed by atoms with Crippen LogP contribution in [0.5, 0.6) is 0 Å². The van der Waals surface area contributed by atoms with Crippen molar-refractivity contribution in [3.8, 4) is 0 Å². The molecule has 0 bridgehead atoms. The van der Waals surface area contributed by atoms with Crippen LogP contribution in [0.4, 0.5) is 0 Å².